The van der Waals surface area contributed by atoms with Gasteiger partial charge in [-0.05, 0) is 51.3 Å². The Morgan fingerprint density at radius 1 is 1.33 bits per heavy atom. The Hall–Kier alpha value is -1.56. The number of carbonyl (C=O) groups excluding carboxylic acids is 1. The molecule has 130 valence electrons. The summed E-state index contributed by atoms with van der Waals surface area (Å²) in [6, 6.07) is 8.50. The minimum Gasteiger partial charge on any atom is -0.444 e. The topological polar surface area (TPSA) is 53.9 Å². The van der Waals surface area contributed by atoms with Gasteiger partial charge in [0.15, 0.2) is 0 Å². The molecule has 0 saturated carbocycles. The molecule has 6 heteroatoms. The number of likely N-dealkylation sites (tertiary alicyclic amines) is 1. The zero-order valence-corrected chi connectivity index (χ0v) is 16.0. The van der Waals surface area contributed by atoms with Gasteiger partial charge < -0.3 is 10.2 Å². The van der Waals surface area contributed by atoms with Gasteiger partial charge in [0.2, 0.25) is 0 Å². The molecule has 1 amide bonds. The molecule has 24 heavy (non-hydrogen) atoms. The molecule has 3 rings (SSSR count). The predicted octanol–water partition coefficient (Wildman–Crippen LogP) is 4.24. The quantitative estimate of drug-likeness (QED) is 0.817. The molecule has 2 aliphatic rings. The van der Waals surface area contributed by atoms with Gasteiger partial charge in [0.05, 0.1) is 17.8 Å². The fraction of sp³-hybridized carbons (Fsp3) is 0.556. The number of amides is 1. The molecule has 2 aliphatic heterocycles. The van der Waals surface area contributed by atoms with E-state index in [-0.39, 0.29) is 18.2 Å². The summed E-state index contributed by atoms with van der Waals surface area (Å²) in [5, 5.41) is 4.53. The summed E-state index contributed by atoms with van der Waals surface area (Å²) < 4.78 is 6.61. The smallest absolute Gasteiger partial charge is 0.410 e. The molecule has 1 aromatic rings. The number of benzene rings is 1. The van der Waals surface area contributed by atoms with Gasteiger partial charge in [0.1, 0.15) is 5.60 Å². The number of hydrogen-bond acceptors (Lipinski definition) is 4. The van der Waals surface area contributed by atoms with Crippen molar-refractivity contribution in [3.63, 3.8) is 0 Å². The van der Waals surface area contributed by atoms with Crippen molar-refractivity contribution in [2.45, 2.75) is 57.7 Å². The van der Waals surface area contributed by atoms with Crippen molar-refractivity contribution in [1.29, 1.82) is 0 Å². The van der Waals surface area contributed by atoms with Crippen LogP contribution in [0.15, 0.2) is 33.8 Å². The maximum absolute atomic E-state index is 12.4. The van der Waals surface area contributed by atoms with E-state index in [1.807, 2.05) is 37.8 Å². The molecule has 5 nitrogen and oxygen atoms in total. The Morgan fingerprint density at radius 2 is 2.04 bits per heavy atom. The lowest BCUT2D eigenvalue weighted by atomic mass is 9.98. The van der Waals surface area contributed by atoms with Crippen LogP contribution in [0.1, 0.15) is 51.6 Å². The summed E-state index contributed by atoms with van der Waals surface area (Å²) in [6.45, 7) is 6.43. The highest BCUT2D eigenvalue weighted by Crippen LogP contribution is 2.29. The first-order valence-corrected chi connectivity index (χ1v) is 9.20. The minimum atomic E-state index is -0.472. The summed E-state index contributed by atoms with van der Waals surface area (Å²) in [7, 11) is 0. The fourth-order valence-electron chi connectivity index (χ4n) is 3.21. The first kappa shape index (κ1) is 17.3. The van der Waals surface area contributed by atoms with Gasteiger partial charge in [-0.2, -0.15) is 5.10 Å². The van der Waals surface area contributed by atoms with E-state index >= 15 is 0 Å². The van der Waals surface area contributed by atoms with Gasteiger partial charge in [-0.3, -0.25) is 4.90 Å². The van der Waals surface area contributed by atoms with Crippen LogP contribution in [-0.4, -0.2) is 34.9 Å². The number of hydrogen-bond donors (Lipinski definition) is 1. The summed E-state index contributed by atoms with van der Waals surface area (Å²) >= 11 is 3.46. The zero-order valence-electron chi connectivity index (χ0n) is 14.4. The largest absolute Gasteiger partial charge is 0.444 e. The third-order valence-electron chi connectivity index (χ3n) is 4.32. The van der Waals surface area contributed by atoms with Crippen molar-refractivity contribution in [2.24, 2.45) is 5.10 Å². The van der Waals surface area contributed by atoms with Crippen molar-refractivity contribution in [3.05, 3.63) is 34.3 Å². The number of ether oxygens (including phenoxy) is 1. The number of nitrogens with zero attached hydrogens (tertiary/aromatic N) is 2. The maximum Gasteiger partial charge on any atom is 0.410 e. The standard InChI is InChI=1S/C18H24BrN3O2/c1-18(2,3)24-17(23)22-10-4-5-16(22)15-11-14(20-21-15)12-6-8-13(19)9-7-12/h6-9,14,16,20H,4-5,10-11H2,1-3H3/t14?,16-/m0/s1. The SMILES string of the molecule is CC(C)(C)OC(=O)N1CCC[C@H]1C1=NNC(c2ccc(Br)cc2)C1. The molecule has 2 atom stereocenters. The monoisotopic (exact) mass is 393 g/mol. The van der Waals surface area contributed by atoms with Crippen LogP contribution in [-0.2, 0) is 4.74 Å². The van der Waals surface area contributed by atoms with Gasteiger partial charge in [-0.1, -0.05) is 28.1 Å². The molecule has 1 unspecified atom stereocenters. The summed E-state index contributed by atoms with van der Waals surface area (Å²) in [5.74, 6) is 0. The van der Waals surface area contributed by atoms with Crippen LogP contribution in [0.4, 0.5) is 4.79 Å². The van der Waals surface area contributed by atoms with Crippen LogP contribution in [0.2, 0.25) is 0 Å². The van der Waals surface area contributed by atoms with E-state index in [9.17, 15) is 4.79 Å². The molecule has 0 bridgehead atoms. The van der Waals surface area contributed by atoms with Gasteiger partial charge in [-0.25, -0.2) is 4.79 Å². The molecule has 1 aromatic carbocycles. The highest BCUT2D eigenvalue weighted by Gasteiger charge is 2.37. The Kier molecular flexibility index (Phi) is 4.85. The van der Waals surface area contributed by atoms with Gasteiger partial charge in [0, 0.05) is 17.4 Å². The van der Waals surface area contributed by atoms with Crippen LogP contribution < -0.4 is 5.43 Å². The lowest BCUT2D eigenvalue weighted by Gasteiger charge is -2.28. The van der Waals surface area contributed by atoms with E-state index in [1.54, 1.807) is 0 Å². The Bertz CT molecular complexity index is 637. The summed E-state index contributed by atoms with van der Waals surface area (Å²) in [4.78, 5) is 14.3. The van der Waals surface area contributed by atoms with Gasteiger partial charge >= 0.3 is 6.09 Å². The lowest BCUT2D eigenvalue weighted by molar-refractivity contribution is 0.0265. The van der Waals surface area contributed by atoms with E-state index in [2.05, 4.69) is 38.6 Å². The predicted molar refractivity (Wildman–Crippen MR) is 98.0 cm³/mol. The second-order valence-corrected chi connectivity index (χ2v) is 8.29. The molecular formula is C18H24BrN3O2. The average Bonchev–Trinajstić information content (AvgIpc) is 3.15. The molecule has 0 radical (unpaired) electrons. The minimum absolute atomic E-state index is 0.0489. The van der Waals surface area contributed by atoms with Crippen LogP contribution in [0.25, 0.3) is 0 Å². The third kappa shape index (κ3) is 3.91. The van der Waals surface area contributed by atoms with E-state index in [0.29, 0.717) is 0 Å². The van der Waals surface area contributed by atoms with E-state index in [0.717, 1.165) is 36.0 Å². The maximum atomic E-state index is 12.4. The first-order chi connectivity index (χ1) is 11.3. The summed E-state index contributed by atoms with van der Waals surface area (Å²) in [5.41, 5.74) is 5.00. The zero-order chi connectivity index (χ0) is 17.3. The van der Waals surface area contributed by atoms with Crippen molar-refractivity contribution >= 4 is 27.7 Å². The highest BCUT2D eigenvalue weighted by atomic mass is 79.9. The second-order valence-electron chi connectivity index (χ2n) is 7.37. The van der Waals surface area contributed by atoms with E-state index in [1.165, 1.54) is 5.56 Å². The molecule has 0 aromatic heterocycles. The Labute approximate surface area is 151 Å². The average molecular weight is 394 g/mol. The van der Waals surface area contributed by atoms with Crippen LogP contribution in [0.3, 0.4) is 0 Å². The lowest BCUT2D eigenvalue weighted by Crippen LogP contribution is -2.43. The van der Waals surface area contributed by atoms with Crippen molar-refractivity contribution in [1.82, 2.24) is 10.3 Å². The molecule has 0 aliphatic carbocycles. The van der Waals surface area contributed by atoms with Crippen LogP contribution in [0.5, 0.6) is 0 Å². The Balaban J connectivity index is 1.66. The van der Waals surface area contributed by atoms with E-state index in [4.69, 9.17) is 4.74 Å². The second kappa shape index (κ2) is 6.75. The van der Waals surface area contributed by atoms with Crippen molar-refractivity contribution in [2.75, 3.05) is 6.54 Å². The van der Waals surface area contributed by atoms with Crippen LogP contribution in [0, 0.1) is 0 Å². The third-order valence-corrected chi connectivity index (χ3v) is 4.84. The Morgan fingerprint density at radius 3 is 2.71 bits per heavy atom. The highest BCUT2D eigenvalue weighted by molar-refractivity contribution is 9.10. The summed E-state index contributed by atoms with van der Waals surface area (Å²) in [6.07, 6.45) is 2.53. The van der Waals surface area contributed by atoms with Gasteiger partial charge in [-0.15, -0.1) is 0 Å². The van der Waals surface area contributed by atoms with Gasteiger partial charge in [0.25, 0.3) is 0 Å². The first-order valence-electron chi connectivity index (χ1n) is 8.40. The number of halogens is 1. The van der Waals surface area contributed by atoms with Crippen LogP contribution >= 0.6 is 15.9 Å². The molecule has 1 saturated heterocycles. The van der Waals surface area contributed by atoms with E-state index < -0.39 is 5.60 Å². The number of carbonyl (C=O) groups is 1. The molecule has 2 heterocycles. The van der Waals surface area contributed by atoms with Crippen molar-refractivity contribution in [3.8, 4) is 0 Å². The molecule has 1 fully saturated rings. The number of hydrazone groups is 1. The number of nitrogens with one attached hydrogen (secondary N) is 1. The molecule has 1 N–H and O–H groups in total. The number of rotatable bonds is 2. The molecular weight excluding hydrogens is 370 g/mol. The fourth-order valence-corrected chi connectivity index (χ4v) is 3.48. The normalized spacial score (nSPS) is 23.8. The van der Waals surface area contributed by atoms with Crippen molar-refractivity contribution < 1.29 is 9.53 Å². The molecule has 0 spiro atoms.